The van der Waals surface area contributed by atoms with Crippen LogP contribution in [0.5, 0.6) is 0 Å². The lowest BCUT2D eigenvalue weighted by Gasteiger charge is -2.20. The van der Waals surface area contributed by atoms with Crippen LogP contribution in [0.25, 0.3) is 5.69 Å². The van der Waals surface area contributed by atoms with Crippen LogP contribution < -0.4 is 4.90 Å². The molecule has 0 aromatic carbocycles. The minimum atomic E-state index is -0.631. The van der Waals surface area contributed by atoms with Gasteiger partial charge in [-0.15, -0.1) is 11.6 Å². The maximum absolute atomic E-state index is 12.3. The third-order valence-electron chi connectivity index (χ3n) is 3.02. The lowest BCUT2D eigenvalue weighted by Crippen LogP contribution is -2.32. The molecule has 8 heteroatoms. The first-order chi connectivity index (χ1) is 10.6. The molecule has 0 saturated heterocycles. The first kappa shape index (κ1) is 16.5. The number of aromatic nitrogens is 3. The van der Waals surface area contributed by atoms with Gasteiger partial charge in [-0.1, -0.05) is 11.6 Å². The fourth-order valence-corrected chi connectivity index (χ4v) is 2.33. The molecule has 2 aromatic heterocycles. The Morgan fingerprint density at radius 3 is 2.95 bits per heavy atom. The summed E-state index contributed by atoms with van der Waals surface area (Å²) in [7, 11) is 0. The second-order valence-electron chi connectivity index (χ2n) is 4.49. The summed E-state index contributed by atoms with van der Waals surface area (Å²) in [6, 6.07) is 3.62. The molecule has 0 radical (unpaired) electrons. The van der Waals surface area contributed by atoms with Gasteiger partial charge in [0.15, 0.2) is 5.15 Å². The number of nitrogens with one attached hydrogen (secondary N) is 1. The summed E-state index contributed by atoms with van der Waals surface area (Å²) in [5.74, 6) is -0.210. The highest BCUT2D eigenvalue weighted by molar-refractivity contribution is 6.33. The van der Waals surface area contributed by atoms with Crippen molar-refractivity contribution in [1.29, 1.82) is 5.41 Å². The molecule has 0 bridgehead atoms. The molecule has 1 atom stereocenters. The summed E-state index contributed by atoms with van der Waals surface area (Å²) < 4.78 is 1.56. The van der Waals surface area contributed by atoms with E-state index in [-0.39, 0.29) is 17.5 Å². The molecule has 2 heterocycles. The van der Waals surface area contributed by atoms with Crippen LogP contribution in [0.3, 0.4) is 0 Å². The largest absolute Gasteiger partial charge is 0.312 e. The van der Waals surface area contributed by atoms with E-state index in [1.165, 1.54) is 4.90 Å². The second kappa shape index (κ2) is 7.38. The highest BCUT2D eigenvalue weighted by atomic mass is 35.5. The summed E-state index contributed by atoms with van der Waals surface area (Å²) in [4.78, 5) is 17.8. The number of anilines is 1. The molecule has 116 valence electrons. The Morgan fingerprint density at radius 2 is 2.36 bits per heavy atom. The van der Waals surface area contributed by atoms with E-state index in [0.29, 0.717) is 12.2 Å². The van der Waals surface area contributed by atoms with Crippen molar-refractivity contribution in [1.82, 2.24) is 14.8 Å². The zero-order valence-corrected chi connectivity index (χ0v) is 13.4. The van der Waals surface area contributed by atoms with Crippen LogP contribution in [0.4, 0.5) is 5.69 Å². The maximum atomic E-state index is 12.3. The van der Waals surface area contributed by atoms with Crippen molar-refractivity contribution in [3.63, 3.8) is 0 Å². The Labute approximate surface area is 138 Å². The normalized spacial score (nSPS) is 12.0. The number of alkyl halides is 1. The van der Waals surface area contributed by atoms with E-state index in [0.717, 1.165) is 11.9 Å². The molecule has 0 fully saturated rings. The predicted molar refractivity (Wildman–Crippen MR) is 87.4 cm³/mol. The van der Waals surface area contributed by atoms with Crippen molar-refractivity contribution in [2.24, 2.45) is 0 Å². The Morgan fingerprint density at radius 1 is 1.59 bits per heavy atom. The van der Waals surface area contributed by atoms with Crippen LogP contribution in [0, 0.1) is 5.41 Å². The average Bonchev–Trinajstić information content (AvgIpc) is 2.91. The maximum Gasteiger partial charge on any atom is 0.228 e. The van der Waals surface area contributed by atoms with E-state index < -0.39 is 5.38 Å². The van der Waals surface area contributed by atoms with E-state index in [4.69, 9.17) is 28.6 Å². The topological polar surface area (TPSA) is 74.9 Å². The van der Waals surface area contributed by atoms with Gasteiger partial charge in [-0.25, -0.2) is 4.68 Å². The minimum Gasteiger partial charge on any atom is -0.312 e. The van der Waals surface area contributed by atoms with Crippen LogP contribution in [0.2, 0.25) is 5.15 Å². The average molecular weight is 340 g/mol. The Kier molecular flexibility index (Phi) is 5.51. The first-order valence-electron chi connectivity index (χ1n) is 6.67. The third-order valence-corrected chi connectivity index (χ3v) is 3.57. The molecule has 0 spiro atoms. The third kappa shape index (κ3) is 3.64. The zero-order chi connectivity index (χ0) is 16.1. The molecule has 22 heavy (non-hydrogen) atoms. The summed E-state index contributed by atoms with van der Waals surface area (Å²) in [5.41, 5.74) is 1.25. The van der Waals surface area contributed by atoms with Gasteiger partial charge in [-0.2, -0.15) is 5.10 Å². The van der Waals surface area contributed by atoms with Gasteiger partial charge >= 0.3 is 0 Å². The van der Waals surface area contributed by atoms with Crippen LogP contribution >= 0.6 is 23.2 Å². The number of hydrogen-bond donors (Lipinski definition) is 1. The second-order valence-corrected chi connectivity index (χ2v) is 5.40. The SMILES string of the molecule is CCN(C(=O)CC(Cl)C=N)c1cn(-c2cccnc2)nc1Cl. The number of halogens is 2. The van der Waals surface area contributed by atoms with Crippen molar-refractivity contribution in [3.8, 4) is 5.69 Å². The fourth-order valence-electron chi connectivity index (χ4n) is 1.96. The van der Waals surface area contributed by atoms with Gasteiger partial charge in [0.2, 0.25) is 5.91 Å². The highest BCUT2D eigenvalue weighted by Gasteiger charge is 2.21. The Hall–Kier alpha value is -1.92. The molecule has 1 amide bonds. The van der Waals surface area contributed by atoms with Gasteiger partial charge in [0.25, 0.3) is 0 Å². The molecule has 6 nitrogen and oxygen atoms in total. The fraction of sp³-hybridized carbons (Fsp3) is 0.286. The van der Waals surface area contributed by atoms with Crippen molar-refractivity contribution in [3.05, 3.63) is 35.9 Å². The van der Waals surface area contributed by atoms with Crippen LogP contribution in [0.15, 0.2) is 30.7 Å². The molecular weight excluding hydrogens is 325 g/mol. The number of hydrogen-bond acceptors (Lipinski definition) is 4. The molecular formula is C14H15Cl2N5O. The van der Waals surface area contributed by atoms with E-state index in [9.17, 15) is 4.79 Å². The van der Waals surface area contributed by atoms with E-state index >= 15 is 0 Å². The van der Waals surface area contributed by atoms with Gasteiger partial charge in [-0.05, 0) is 19.1 Å². The lowest BCUT2D eigenvalue weighted by molar-refractivity contribution is -0.118. The van der Waals surface area contributed by atoms with E-state index in [1.54, 1.807) is 29.3 Å². The first-order valence-corrected chi connectivity index (χ1v) is 7.48. The van der Waals surface area contributed by atoms with E-state index in [2.05, 4.69) is 10.1 Å². The molecule has 0 saturated carbocycles. The van der Waals surface area contributed by atoms with Crippen LogP contribution in [0.1, 0.15) is 13.3 Å². The van der Waals surface area contributed by atoms with Gasteiger partial charge < -0.3 is 10.3 Å². The number of pyridine rings is 1. The Balaban J connectivity index is 2.28. The van der Waals surface area contributed by atoms with Crippen LogP contribution in [-0.4, -0.2) is 38.8 Å². The molecule has 2 rings (SSSR count). The monoisotopic (exact) mass is 339 g/mol. The standard InChI is InChI=1S/C14H15Cl2N5O/c1-2-20(13(22)6-10(15)7-17)12-9-21(19-14(12)16)11-4-3-5-18-8-11/h3-5,7-10,17H,2,6H2,1H3. The predicted octanol–water partition coefficient (Wildman–Crippen LogP) is 2.92. The van der Waals surface area contributed by atoms with Crippen molar-refractivity contribution < 1.29 is 4.79 Å². The lowest BCUT2D eigenvalue weighted by atomic mass is 10.2. The number of amides is 1. The summed E-state index contributed by atoms with van der Waals surface area (Å²) in [5, 5.41) is 10.9. The van der Waals surface area contributed by atoms with Crippen molar-refractivity contribution >= 4 is 41.0 Å². The molecule has 2 aromatic rings. The van der Waals surface area contributed by atoms with Gasteiger partial charge in [-0.3, -0.25) is 9.78 Å². The number of carbonyl (C=O) groups is 1. The Bertz CT molecular complexity index is 659. The molecule has 0 aliphatic carbocycles. The van der Waals surface area contributed by atoms with Gasteiger partial charge in [0, 0.05) is 25.4 Å². The minimum absolute atomic E-state index is 0.0350. The zero-order valence-electron chi connectivity index (χ0n) is 11.9. The molecule has 0 aliphatic heterocycles. The van der Waals surface area contributed by atoms with Crippen LogP contribution in [-0.2, 0) is 4.79 Å². The number of rotatable bonds is 6. The van der Waals surface area contributed by atoms with Gasteiger partial charge in [0.05, 0.1) is 23.5 Å². The van der Waals surface area contributed by atoms with E-state index in [1.807, 2.05) is 13.0 Å². The summed E-state index contributed by atoms with van der Waals surface area (Å²) >= 11 is 12.0. The van der Waals surface area contributed by atoms with Gasteiger partial charge in [0.1, 0.15) is 5.69 Å². The summed E-state index contributed by atoms with van der Waals surface area (Å²) in [6.45, 7) is 2.27. The smallest absolute Gasteiger partial charge is 0.228 e. The molecule has 0 aliphatic rings. The highest BCUT2D eigenvalue weighted by Crippen LogP contribution is 2.26. The number of carbonyl (C=O) groups excluding carboxylic acids is 1. The number of nitrogens with zero attached hydrogens (tertiary/aromatic N) is 4. The van der Waals surface area contributed by atoms with Crippen molar-refractivity contribution in [2.45, 2.75) is 18.7 Å². The van der Waals surface area contributed by atoms with Crippen molar-refractivity contribution in [2.75, 3.05) is 11.4 Å². The summed E-state index contributed by atoms with van der Waals surface area (Å²) in [6.07, 6.45) is 6.06. The molecule has 1 N–H and O–H groups in total. The molecule has 1 unspecified atom stereocenters. The quantitative estimate of drug-likeness (QED) is 0.649.